The van der Waals surface area contributed by atoms with Crippen molar-refractivity contribution in [1.82, 2.24) is 10.6 Å². The van der Waals surface area contributed by atoms with Crippen LogP contribution in [0.4, 0.5) is 18.0 Å². The lowest BCUT2D eigenvalue weighted by Gasteiger charge is -2.27. The molecule has 1 unspecified atom stereocenters. The summed E-state index contributed by atoms with van der Waals surface area (Å²) in [7, 11) is 0. The first kappa shape index (κ1) is 18.1. The monoisotopic (exact) mass is 344 g/mol. The number of halogens is 3. The molecule has 132 valence electrons. The van der Waals surface area contributed by atoms with Crippen LogP contribution < -0.4 is 10.6 Å². The van der Waals surface area contributed by atoms with E-state index in [-0.39, 0.29) is 12.1 Å². The van der Waals surface area contributed by atoms with Gasteiger partial charge in [-0.3, -0.25) is 0 Å². The quantitative estimate of drug-likeness (QED) is 0.767. The largest absolute Gasteiger partial charge is 0.478 e. The lowest BCUT2D eigenvalue weighted by Crippen LogP contribution is -2.52. The first-order valence-electron chi connectivity index (χ1n) is 7.70. The average molecular weight is 344 g/mol. The van der Waals surface area contributed by atoms with Crippen LogP contribution in [0.3, 0.4) is 0 Å². The summed E-state index contributed by atoms with van der Waals surface area (Å²) in [5.41, 5.74) is 0.696. The van der Waals surface area contributed by atoms with Gasteiger partial charge in [-0.15, -0.1) is 0 Å². The fraction of sp³-hybridized carbons (Fsp3) is 0.500. The minimum absolute atomic E-state index is 0.0149. The standard InChI is InChI=1S/C16H19F3N2O3/c17-16(18,19)13(11-3-1-2-4-11)21-15(24)20-9-10-5-7-12(8-6-10)14(22)23/h5-8,11,13H,1-4,9H2,(H,22,23)(H2,20,21,24). The van der Waals surface area contributed by atoms with Crippen LogP contribution in [0.5, 0.6) is 0 Å². The molecule has 0 aromatic heterocycles. The first-order chi connectivity index (χ1) is 11.3. The molecule has 0 bridgehead atoms. The summed E-state index contributed by atoms with van der Waals surface area (Å²) < 4.78 is 39.4. The number of carbonyl (C=O) groups excluding carboxylic acids is 1. The highest BCUT2D eigenvalue weighted by molar-refractivity contribution is 5.87. The molecule has 1 aromatic rings. The second-order valence-electron chi connectivity index (χ2n) is 5.89. The molecule has 0 aliphatic heterocycles. The van der Waals surface area contributed by atoms with Crippen molar-refractivity contribution in [1.29, 1.82) is 0 Å². The molecule has 8 heteroatoms. The highest BCUT2D eigenvalue weighted by Crippen LogP contribution is 2.35. The van der Waals surface area contributed by atoms with E-state index in [0.29, 0.717) is 18.4 Å². The van der Waals surface area contributed by atoms with Crippen molar-refractivity contribution < 1.29 is 27.9 Å². The third-order valence-electron chi connectivity index (χ3n) is 4.16. The van der Waals surface area contributed by atoms with Crippen molar-refractivity contribution in [3.63, 3.8) is 0 Å². The maximum atomic E-state index is 13.1. The normalized spacial score (nSPS) is 16.6. The highest BCUT2D eigenvalue weighted by atomic mass is 19.4. The van der Waals surface area contributed by atoms with Crippen LogP contribution in [0.15, 0.2) is 24.3 Å². The molecule has 5 nitrogen and oxygen atoms in total. The number of amides is 2. The summed E-state index contributed by atoms with van der Waals surface area (Å²) in [4.78, 5) is 22.5. The van der Waals surface area contributed by atoms with Gasteiger partial charge in [0.2, 0.25) is 0 Å². The molecule has 1 atom stereocenters. The highest BCUT2D eigenvalue weighted by Gasteiger charge is 2.46. The lowest BCUT2D eigenvalue weighted by atomic mass is 9.98. The van der Waals surface area contributed by atoms with Crippen LogP contribution in [-0.4, -0.2) is 29.3 Å². The minimum atomic E-state index is -4.48. The summed E-state index contributed by atoms with van der Waals surface area (Å²) >= 11 is 0. The smallest absolute Gasteiger partial charge is 0.408 e. The third-order valence-corrected chi connectivity index (χ3v) is 4.16. The predicted octanol–water partition coefficient (Wildman–Crippen LogP) is 3.31. The number of carbonyl (C=O) groups is 2. The van der Waals surface area contributed by atoms with Gasteiger partial charge in [-0.2, -0.15) is 13.2 Å². The van der Waals surface area contributed by atoms with Crippen molar-refractivity contribution in [2.45, 2.75) is 44.4 Å². The number of carboxylic acid groups (broad SMARTS) is 1. The predicted molar refractivity (Wildman–Crippen MR) is 80.6 cm³/mol. The Labute approximate surface area is 137 Å². The number of hydrogen-bond acceptors (Lipinski definition) is 2. The molecule has 1 aliphatic rings. The molecule has 1 aliphatic carbocycles. The zero-order valence-corrected chi connectivity index (χ0v) is 12.9. The maximum absolute atomic E-state index is 13.1. The Morgan fingerprint density at radius 2 is 1.75 bits per heavy atom. The number of aromatic carboxylic acids is 1. The van der Waals surface area contributed by atoms with Gasteiger partial charge in [0, 0.05) is 6.54 Å². The summed E-state index contributed by atoms with van der Waals surface area (Å²) in [6.45, 7) is 0.0149. The topological polar surface area (TPSA) is 78.4 Å². The summed E-state index contributed by atoms with van der Waals surface area (Å²) in [6, 6.07) is 3.02. The number of hydrogen-bond donors (Lipinski definition) is 3. The summed E-state index contributed by atoms with van der Waals surface area (Å²) in [5.74, 6) is -1.65. The van der Waals surface area contributed by atoms with E-state index in [1.165, 1.54) is 24.3 Å². The van der Waals surface area contributed by atoms with Gasteiger partial charge in [-0.25, -0.2) is 9.59 Å². The van der Waals surface area contributed by atoms with E-state index in [0.717, 1.165) is 12.8 Å². The number of urea groups is 1. The van der Waals surface area contributed by atoms with Gasteiger partial charge >= 0.3 is 18.2 Å². The van der Waals surface area contributed by atoms with Crippen LogP contribution in [0.2, 0.25) is 0 Å². The van der Waals surface area contributed by atoms with Crippen LogP contribution in [-0.2, 0) is 6.54 Å². The van der Waals surface area contributed by atoms with Crippen molar-refractivity contribution >= 4 is 12.0 Å². The average Bonchev–Trinajstić information content (AvgIpc) is 3.03. The van der Waals surface area contributed by atoms with Crippen LogP contribution in [0.1, 0.15) is 41.6 Å². The second kappa shape index (κ2) is 7.55. The maximum Gasteiger partial charge on any atom is 0.408 e. The number of nitrogens with one attached hydrogen (secondary N) is 2. The van der Waals surface area contributed by atoms with Gasteiger partial charge in [0.15, 0.2) is 0 Å². The Kier molecular flexibility index (Phi) is 5.69. The van der Waals surface area contributed by atoms with Gasteiger partial charge < -0.3 is 15.7 Å². The number of alkyl halides is 3. The van der Waals surface area contributed by atoms with Crippen LogP contribution >= 0.6 is 0 Å². The Bertz CT molecular complexity index is 581. The van der Waals surface area contributed by atoms with Crippen molar-refractivity contribution in [3.8, 4) is 0 Å². The van der Waals surface area contributed by atoms with Gasteiger partial charge in [0.25, 0.3) is 0 Å². The lowest BCUT2D eigenvalue weighted by molar-refractivity contribution is -0.164. The Morgan fingerprint density at radius 3 is 2.25 bits per heavy atom. The van der Waals surface area contributed by atoms with Gasteiger partial charge in [0.05, 0.1) is 5.56 Å². The van der Waals surface area contributed by atoms with Gasteiger partial charge in [-0.1, -0.05) is 25.0 Å². The fourth-order valence-corrected chi connectivity index (χ4v) is 2.90. The van der Waals surface area contributed by atoms with E-state index in [4.69, 9.17) is 5.11 Å². The van der Waals surface area contributed by atoms with E-state index in [1.807, 2.05) is 5.32 Å². The van der Waals surface area contributed by atoms with Crippen LogP contribution in [0, 0.1) is 5.92 Å². The third kappa shape index (κ3) is 4.87. The fourth-order valence-electron chi connectivity index (χ4n) is 2.90. The van der Waals surface area contributed by atoms with E-state index < -0.39 is 30.1 Å². The van der Waals surface area contributed by atoms with Gasteiger partial charge in [0.1, 0.15) is 6.04 Å². The second-order valence-corrected chi connectivity index (χ2v) is 5.89. The van der Waals surface area contributed by atoms with E-state index >= 15 is 0 Å². The molecular formula is C16H19F3N2O3. The van der Waals surface area contributed by atoms with Crippen LogP contribution in [0.25, 0.3) is 0 Å². The molecule has 1 saturated carbocycles. The van der Waals surface area contributed by atoms with Gasteiger partial charge in [-0.05, 0) is 36.5 Å². The number of rotatable bonds is 5. The zero-order valence-electron chi connectivity index (χ0n) is 12.9. The Balaban J connectivity index is 1.89. The van der Waals surface area contributed by atoms with Crippen molar-refractivity contribution in [2.24, 2.45) is 5.92 Å². The first-order valence-corrected chi connectivity index (χ1v) is 7.70. The molecule has 0 radical (unpaired) electrons. The summed E-state index contributed by atoms with van der Waals surface area (Å²) in [6.07, 6.45) is -2.06. The number of carboxylic acids is 1. The molecular weight excluding hydrogens is 325 g/mol. The molecule has 0 heterocycles. The molecule has 2 rings (SSSR count). The van der Waals surface area contributed by atoms with E-state index in [9.17, 15) is 22.8 Å². The van der Waals surface area contributed by atoms with Crippen molar-refractivity contribution in [3.05, 3.63) is 35.4 Å². The molecule has 0 saturated heterocycles. The molecule has 24 heavy (non-hydrogen) atoms. The zero-order chi connectivity index (χ0) is 17.7. The SMILES string of the molecule is O=C(NCc1ccc(C(=O)O)cc1)NC(C1CCCC1)C(F)(F)F. The summed E-state index contributed by atoms with van der Waals surface area (Å²) in [5, 5.41) is 13.2. The Hall–Kier alpha value is -2.25. The Morgan fingerprint density at radius 1 is 1.17 bits per heavy atom. The van der Waals surface area contributed by atoms with E-state index in [1.54, 1.807) is 0 Å². The van der Waals surface area contributed by atoms with Crippen molar-refractivity contribution in [2.75, 3.05) is 0 Å². The molecule has 3 N–H and O–H groups in total. The van der Waals surface area contributed by atoms with E-state index in [2.05, 4.69) is 5.32 Å². The molecule has 1 aromatic carbocycles. The molecule has 1 fully saturated rings. The number of benzene rings is 1. The molecule has 2 amide bonds. The molecule has 0 spiro atoms. The minimum Gasteiger partial charge on any atom is -0.478 e.